The highest BCUT2D eigenvalue weighted by atomic mass is 32.2. The zero-order valence-electron chi connectivity index (χ0n) is 16.1. The van der Waals surface area contributed by atoms with E-state index in [1.54, 1.807) is 23.7 Å². The number of nitrogens with two attached hydrogens (primary N) is 1. The molecule has 0 saturated carbocycles. The highest BCUT2D eigenvalue weighted by Crippen LogP contribution is 2.23. The molecule has 3 N–H and O–H groups in total. The van der Waals surface area contributed by atoms with Gasteiger partial charge in [-0.25, -0.2) is 13.6 Å². The molecule has 11 heteroatoms. The number of thioether (sulfide) groups is 1. The molecule has 1 aromatic heterocycles. The van der Waals surface area contributed by atoms with Crippen LogP contribution in [0.5, 0.6) is 0 Å². The number of rotatable bonds is 6. The van der Waals surface area contributed by atoms with E-state index in [2.05, 4.69) is 20.8 Å². The zero-order chi connectivity index (χ0) is 21.2. The third kappa shape index (κ3) is 4.81. The Hall–Kier alpha value is -2.76. The first-order valence-corrected chi connectivity index (χ1v) is 11.1. The van der Waals surface area contributed by atoms with Crippen molar-refractivity contribution >= 4 is 33.4 Å². The maximum Gasteiger partial charge on any atom is 0.238 e. The minimum Gasteiger partial charge on any atom is -0.325 e. The van der Waals surface area contributed by atoms with Gasteiger partial charge < -0.3 is 5.32 Å². The number of carbonyl (C=O) groups excluding carboxylic acids is 1. The number of nitrogens with one attached hydrogen (secondary N) is 1. The van der Waals surface area contributed by atoms with Crippen LogP contribution >= 0.6 is 11.8 Å². The average molecular weight is 433 g/mol. The first-order valence-electron chi connectivity index (χ1n) is 8.58. The van der Waals surface area contributed by atoms with E-state index >= 15 is 0 Å². The summed E-state index contributed by atoms with van der Waals surface area (Å²) < 4.78 is 24.9. The summed E-state index contributed by atoms with van der Waals surface area (Å²) in [5, 5.41) is 20.1. The number of benzene rings is 2. The minimum atomic E-state index is -3.87. The molecule has 0 aliphatic heterocycles. The lowest BCUT2D eigenvalue weighted by Crippen LogP contribution is -2.17. The maximum atomic E-state index is 12.3. The average Bonchev–Trinajstić information content (AvgIpc) is 3.11. The van der Waals surface area contributed by atoms with Gasteiger partial charge in [0, 0.05) is 5.69 Å². The van der Waals surface area contributed by atoms with Gasteiger partial charge in [-0.1, -0.05) is 30.0 Å². The number of tetrazole rings is 1. The summed E-state index contributed by atoms with van der Waals surface area (Å²) in [4.78, 5) is 12.3. The summed E-state index contributed by atoms with van der Waals surface area (Å²) in [5.74, 6) is -0.279. The van der Waals surface area contributed by atoms with Crippen LogP contribution in [0.3, 0.4) is 0 Å². The van der Waals surface area contributed by atoms with E-state index in [-0.39, 0.29) is 16.6 Å². The first kappa shape index (κ1) is 21.0. The lowest BCUT2D eigenvalue weighted by Gasteiger charge is -2.10. The van der Waals surface area contributed by atoms with E-state index < -0.39 is 10.0 Å². The fourth-order valence-electron chi connectivity index (χ4n) is 2.70. The van der Waals surface area contributed by atoms with E-state index in [0.29, 0.717) is 16.4 Å². The van der Waals surface area contributed by atoms with Crippen molar-refractivity contribution in [1.82, 2.24) is 20.2 Å². The highest BCUT2D eigenvalue weighted by molar-refractivity contribution is 7.99. The van der Waals surface area contributed by atoms with E-state index in [0.717, 1.165) is 16.8 Å². The van der Waals surface area contributed by atoms with Crippen molar-refractivity contribution in [3.63, 3.8) is 0 Å². The first-order chi connectivity index (χ1) is 13.7. The quantitative estimate of drug-likeness (QED) is 0.569. The molecule has 0 radical (unpaired) electrons. The Bertz CT molecular complexity index is 1170. The molecular weight excluding hydrogens is 412 g/mol. The molecule has 0 aliphatic carbocycles. The SMILES string of the molecule is Cc1ccc(NC(=O)CSc2nnnn2-c2cccc(C)c2C)cc1S(N)(=O)=O. The van der Waals surface area contributed by atoms with E-state index in [9.17, 15) is 13.2 Å². The van der Waals surface area contributed by atoms with Gasteiger partial charge in [0.2, 0.25) is 21.1 Å². The molecule has 0 bridgehead atoms. The lowest BCUT2D eigenvalue weighted by molar-refractivity contribution is -0.113. The molecule has 0 aliphatic rings. The van der Waals surface area contributed by atoms with Crippen LogP contribution < -0.4 is 10.5 Å². The number of aromatic nitrogens is 4. The molecule has 1 heterocycles. The molecule has 9 nitrogen and oxygen atoms in total. The number of sulfonamides is 1. The Morgan fingerprint density at radius 1 is 1.17 bits per heavy atom. The second-order valence-corrected chi connectivity index (χ2v) is 8.93. The van der Waals surface area contributed by atoms with Crippen LogP contribution in [0, 0.1) is 20.8 Å². The van der Waals surface area contributed by atoms with E-state index in [4.69, 9.17) is 5.14 Å². The van der Waals surface area contributed by atoms with Crippen molar-refractivity contribution in [2.45, 2.75) is 30.8 Å². The van der Waals surface area contributed by atoms with E-state index in [1.807, 2.05) is 32.0 Å². The third-order valence-corrected chi connectivity index (χ3v) is 6.33. The Labute approximate surface area is 172 Å². The van der Waals surface area contributed by atoms with E-state index in [1.165, 1.54) is 17.8 Å². The standard InChI is InChI=1S/C18H20N6O3S2/c1-11-5-4-6-15(13(11)3)24-18(21-22-23-24)28-10-17(25)20-14-8-7-12(2)16(9-14)29(19,26)27/h4-9H,10H2,1-3H3,(H,20,25)(H2,19,26,27). The molecule has 1 amide bonds. The number of primary sulfonamides is 1. The fraction of sp³-hybridized carbons (Fsp3) is 0.222. The van der Waals surface area contributed by atoms with Gasteiger partial charge >= 0.3 is 0 Å². The molecule has 152 valence electrons. The van der Waals surface area contributed by atoms with Gasteiger partial charge in [0.05, 0.1) is 16.3 Å². The second kappa shape index (κ2) is 8.31. The summed E-state index contributed by atoms with van der Waals surface area (Å²) in [5.41, 5.74) is 3.85. The summed E-state index contributed by atoms with van der Waals surface area (Å²) >= 11 is 1.18. The number of anilines is 1. The molecule has 0 unspecified atom stereocenters. The van der Waals surface area contributed by atoms with Crippen LogP contribution in [0.15, 0.2) is 46.5 Å². The van der Waals surface area contributed by atoms with Crippen LogP contribution in [0.2, 0.25) is 0 Å². The molecule has 3 aromatic rings. The second-order valence-electron chi connectivity index (χ2n) is 6.45. The zero-order valence-corrected chi connectivity index (χ0v) is 17.7. The minimum absolute atomic E-state index is 0.0261. The molecule has 3 rings (SSSR count). The highest BCUT2D eigenvalue weighted by Gasteiger charge is 2.16. The molecular formula is C18H20N6O3S2. The Balaban J connectivity index is 1.72. The van der Waals surface area contributed by atoms with Crippen molar-refractivity contribution < 1.29 is 13.2 Å². The largest absolute Gasteiger partial charge is 0.325 e. The Kier molecular flexibility index (Phi) is 6.01. The Morgan fingerprint density at radius 3 is 2.66 bits per heavy atom. The van der Waals surface area contributed by atoms with Crippen molar-refractivity contribution in [3.8, 4) is 5.69 Å². The Morgan fingerprint density at radius 2 is 1.93 bits per heavy atom. The molecule has 0 atom stereocenters. The summed E-state index contributed by atoms with van der Waals surface area (Å²) in [6.45, 7) is 5.61. The number of aryl methyl sites for hydroxylation is 2. The van der Waals surface area contributed by atoms with Crippen molar-refractivity contribution in [2.24, 2.45) is 5.14 Å². The van der Waals surface area contributed by atoms with Crippen LogP contribution in [0.4, 0.5) is 5.69 Å². The predicted molar refractivity (Wildman–Crippen MR) is 111 cm³/mol. The fourth-order valence-corrected chi connectivity index (χ4v) is 4.19. The summed E-state index contributed by atoms with van der Waals surface area (Å²) in [7, 11) is -3.87. The van der Waals surface area contributed by atoms with Gasteiger partial charge in [0.1, 0.15) is 0 Å². The van der Waals surface area contributed by atoms with Crippen LogP contribution in [0.25, 0.3) is 5.69 Å². The monoisotopic (exact) mass is 432 g/mol. The number of carbonyl (C=O) groups is 1. The topological polar surface area (TPSA) is 133 Å². The summed E-state index contributed by atoms with van der Waals surface area (Å²) in [6, 6.07) is 10.4. The van der Waals surface area contributed by atoms with Crippen LogP contribution in [-0.4, -0.2) is 40.3 Å². The molecule has 0 saturated heterocycles. The normalized spacial score (nSPS) is 11.4. The van der Waals surface area contributed by atoms with Crippen molar-refractivity contribution in [2.75, 3.05) is 11.1 Å². The van der Waals surface area contributed by atoms with Crippen molar-refractivity contribution in [3.05, 3.63) is 53.1 Å². The predicted octanol–water partition coefficient (Wildman–Crippen LogP) is 1.97. The van der Waals surface area contributed by atoms with Gasteiger partial charge in [-0.2, -0.15) is 4.68 Å². The molecule has 0 spiro atoms. The van der Waals surface area contributed by atoms with Gasteiger partial charge in [0.25, 0.3) is 0 Å². The number of amides is 1. The van der Waals surface area contributed by atoms with Gasteiger partial charge in [-0.05, 0) is 66.1 Å². The number of hydrogen-bond acceptors (Lipinski definition) is 7. The lowest BCUT2D eigenvalue weighted by atomic mass is 10.1. The molecule has 0 fully saturated rings. The van der Waals surface area contributed by atoms with Gasteiger partial charge in [0.15, 0.2) is 0 Å². The van der Waals surface area contributed by atoms with Crippen LogP contribution in [-0.2, 0) is 14.8 Å². The van der Waals surface area contributed by atoms with Gasteiger partial charge in [-0.15, -0.1) is 5.10 Å². The molecule has 29 heavy (non-hydrogen) atoms. The molecule has 2 aromatic carbocycles. The number of hydrogen-bond donors (Lipinski definition) is 2. The summed E-state index contributed by atoms with van der Waals surface area (Å²) in [6.07, 6.45) is 0. The van der Waals surface area contributed by atoms with Crippen molar-refractivity contribution in [1.29, 1.82) is 0 Å². The van der Waals surface area contributed by atoms with Gasteiger partial charge in [-0.3, -0.25) is 4.79 Å². The number of nitrogens with zero attached hydrogens (tertiary/aromatic N) is 4. The third-order valence-electron chi connectivity index (χ3n) is 4.36. The van der Waals surface area contributed by atoms with Crippen LogP contribution in [0.1, 0.15) is 16.7 Å². The smallest absolute Gasteiger partial charge is 0.238 e. The maximum absolute atomic E-state index is 12.3.